The van der Waals surface area contributed by atoms with Gasteiger partial charge < -0.3 is 25.2 Å². The van der Waals surface area contributed by atoms with Gasteiger partial charge in [-0.15, -0.1) is 0 Å². The summed E-state index contributed by atoms with van der Waals surface area (Å²) in [6.45, 7) is 14.8. The number of nitrogens with two attached hydrogens (primary N) is 1. The van der Waals surface area contributed by atoms with Crippen LogP contribution in [0.3, 0.4) is 0 Å². The van der Waals surface area contributed by atoms with Crippen LogP contribution < -0.4 is 25.6 Å². The molecule has 1 aliphatic carbocycles. The lowest BCUT2D eigenvalue weighted by atomic mass is 9.96. The number of nitrogens with one attached hydrogen (secondary N) is 2. The Bertz CT molecular complexity index is 2170. The number of likely N-dealkylation sites (tertiary alicyclic amines) is 1. The lowest BCUT2D eigenvalue weighted by molar-refractivity contribution is -0.136. The number of benzene rings is 2. The summed E-state index contributed by atoms with van der Waals surface area (Å²) in [4.78, 5) is 72.8. The van der Waals surface area contributed by atoms with E-state index in [1.807, 2.05) is 24.3 Å². The molecule has 0 spiro atoms. The molecule has 1 aromatic heterocycles. The van der Waals surface area contributed by atoms with Crippen LogP contribution in [0.1, 0.15) is 77.4 Å². The quantitative estimate of drug-likeness (QED) is 0.138. The van der Waals surface area contributed by atoms with Crippen molar-refractivity contribution in [3.8, 4) is 5.75 Å². The van der Waals surface area contributed by atoms with Crippen molar-refractivity contribution < 1.29 is 23.9 Å². The van der Waals surface area contributed by atoms with E-state index in [2.05, 4.69) is 46.7 Å². The van der Waals surface area contributed by atoms with E-state index >= 15 is 0 Å². The Labute approximate surface area is 350 Å². The third-order valence-electron chi connectivity index (χ3n) is 13.3. The zero-order valence-corrected chi connectivity index (χ0v) is 34.4. The number of rotatable bonds is 12. The molecule has 4 amide bonds. The fourth-order valence-electron chi connectivity index (χ4n) is 9.26. The van der Waals surface area contributed by atoms with Gasteiger partial charge in [-0.25, -0.2) is 9.97 Å². The van der Waals surface area contributed by atoms with E-state index in [4.69, 9.17) is 15.9 Å². The number of amides is 4. The van der Waals surface area contributed by atoms with Gasteiger partial charge in [-0.2, -0.15) is 0 Å². The number of carbonyl (C=O) groups is 4. The lowest BCUT2D eigenvalue weighted by Gasteiger charge is -2.40. The van der Waals surface area contributed by atoms with Crippen LogP contribution in [0.4, 0.5) is 17.2 Å². The molecule has 2 aromatic carbocycles. The summed E-state index contributed by atoms with van der Waals surface area (Å²) in [6.07, 6.45) is 6.26. The number of aromatic nitrogens is 2. The van der Waals surface area contributed by atoms with Gasteiger partial charge in [-0.3, -0.25) is 44.6 Å². The van der Waals surface area contributed by atoms with Gasteiger partial charge in [-0.1, -0.05) is 0 Å². The molecule has 9 rings (SSSR count). The minimum Gasteiger partial charge on any atom is -0.488 e. The summed E-state index contributed by atoms with van der Waals surface area (Å²) in [6, 6.07) is 11.9. The number of anilines is 3. The Morgan fingerprint density at radius 1 is 0.800 bits per heavy atom. The van der Waals surface area contributed by atoms with Gasteiger partial charge in [0.1, 0.15) is 29.5 Å². The van der Waals surface area contributed by atoms with Crippen molar-refractivity contribution in [2.24, 2.45) is 5.92 Å². The largest absolute Gasteiger partial charge is 0.488 e. The number of nitrogens with zero attached hydrogens (tertiary/aromatic N) is 8. The Morgan fingerprint density at radius 2 is 1.48 bits per heavy atom. The summed E-state index contributed by atoms with van der Waals surface area (Å²) in [5, 5.41) is 11.2. The highest BCUT2D eigenvalue weighted by Gasteiger charge is 2.45. The zero-order chi connectivity index (χ0) is 41.5. The first kappa shape index (κ1) is 40.0. The minimum atomic E-state index is -0.959. The van der Waals surface area contributed by atoms with Crippen LogP contribution in [-0.4, -0.2) is 156 Å². The number of hydrogen-bond acceptors (Lipinski definition) is 14. The minimum absolute atomic E-state index is 0.103. The molecule has 6 heterocycles. The molecule has 5 fully saturated rings. The Morgan fingerprint density at radius 3 is 2.20 bits per heavy atom. The summed E-state index contributed by atoms with van der Waals surface area (Å²) >= 11 is 0. The first-order valence-electron chi connectivity index (χ1n) is 21.5. The van der Waals surface area contributed by atoms with Crippen molar-refractivity contribution in [3.63, 3.8) is 0 Å². The Kier molecular flexibility index (Phi) is 11.0. The molecule has 4 N–H and O–H groups in total. The standard InChI is InChI=1S/C44H55N11O5/c1-44(10-11-44)60-31-3-5-35(45)34(25-31)40(46)36-26-38(48-28-47-36)54-22-16-51(17-23-54)15-14-50-12-8-29(9-13-50)27-52-18-20-53(21-19-52)30-2-4-32-33(24-30)43(59)55(42(32)58)37-6-7-39(56)49-41(37)57/h2-5,24-26,28-29,37,46H,6-23,27,45H2,1H3,(H,49,56,57). The van der Waals surface area contributed by atoms with Crippen LogP contribution in [-0.2, 0) is 9.59 Å². The second-order valence-electron chi connectivity index (χ2n) is 17.5. The maximum atomic E-state index is 13.3. The predicted molar refractivity (Wildman–Crippen MR) is 227 cm³/mol. The molecule has 3 aromatic rings. The summed E-state index contributed by atoms with van der Waals surface area (Å²) in [5.74, 6) is 0.321. The molecule has 1 unspecified atom stereocenters. The van der Waals surface area contributed by atoms with E-state index in [1.165, 1.54) is 12.8 Å². The molecule has 60 heavy (non-hydrogen) atoms. The molecule has 5 aliphatic heterocycles. The number of piperazine rings is 2. The van der Waals surface area contributed by atoms with E-state index in [0.717, 1.165) is 120 Å². The van der Waals surface area contributed by atoms with Gasteiger partial charge in [0.25, 0.3) is 11.8 Å². The molecule has 1 saturated carbocycles. The van der Waals surface area contributed by atoms with Crippen molar-refractivity contribution >= 4 is 46.5 Å². The average Bonchev–Trinajstić information content (AvgIpc) is 3.94. The van der Waals surface area contributed by atoms with E-state index in [0.29, 0.717) is 34.0 Å². The molecule has 0 bridgehead atoms. The lowest BCUT2D eigenvalue weighted by Crippen LogP contribution is -2.54. The summed E-state index contributed by atoms with van der Waals surface area (Å²) in [7, 11) is 0. The fraction of sp³-hybridized carbons (Fsp3) is 0.523. The molecule has 16 nitrogen and oxygen atoms in total. The molecule has 1 atom stereocenters. The van der Waals surface area contributed by atoms with Crippen molar-refractivity contribution in [1.82, 2.24) is 34.9 Å². The molecule has 4 saturated heterocycles. The smallest absolute Gasteiger partial charge is 0.262 e. The number of nitrogen functional groups attached to an aromatic ring is 1. The van der Waals surface area contributed by atoms with Gasteiger partial charge in [0.2, 0.25) is 11.8 Å². The first-order valence-corrected chi connectivity index (χ1v) is 21.5. The average molecular weight is 818 g/mol. The van der Waals surface area contributed by atoms with Crippen LogP contribution in [0.15, 0.2) is 48.8 Å². The molecule has 316 valence electrons. The predicted octanol–water partition coefficient (Wildman–Crippen LogP) is 2.46. The number of carbonyl (C=O) groups excluding carboxylic acids is 4. The number of ether oxygens (including phenoxy) is 1. The molecular formula is C44H55N11O5. The maximum Gasteiger partial charge on any atom is 0.262 e. The number of hydrogen-bond donors (Lipinski definition) is 3. The second-order valence-corrected chi connectivity index (χ2v) is 17.5. The van der Waals surface area contributed by atoms with E-state index < -0.39 is 23.8 Å². The van der Waals surface area contributed by atoms with Crippen molar-refractivity contribution in [3.05, 3.63) is 71.2 Å². The van der Waals surface area contributed by atoms with Crippen LogP contribution in [0, 0.1) is 11.3 Å². The van der Waals surface area contributed by atoms with Gasteiger partial charge in [-0.05, 0) is 94.4 Å². The third kappa shape index (κ3) is 8.45. The number of fused-ring (bicyclic) bond motifs is 1. The third-order valence-corrected chi connectivity index (χ3v) is 13.3. The highest BCUT2D eigenvalue weighted by molar-refractivity contribution is 6.23. The maximum absolute atomic E-state index is 13.3. The molecular weight excluding hydrogens is 763 g/mol. The molecule has 0 radical (unpaired) electrons. The monoisotopic (exact) mass is 817 g/mol. The molecule has 6 aliphatic rings. The van der Waals surface area contributed by atoms with E-state index in [1.54, 1.807) is 24.5 Å². The van der Waals surface area contributed by atoms with E-state index in [9.17, 15) is 19.2 Å². The summed E-state index contributed by atoms with van der Waals surface area (Å²) in [5.41, 5.74) is 9.69. The fourth-order valence-corrected chi connectivity index (χ4v) is 9.26. The SMILES string of the molecule is CC1(Oc2ccc(N)c(C(=N)c3cc(N4CCN(CCN5CCC(CN6CCN(c7ccc8c(c7)C(=O)N(C7CCC(=O)NC7=O)C8=O)CC6)CC5)CC4)ncn3)c2)CC1. The van der Waals surface area contributed by atoms with E-state index in [-0.39, 0.29) is 30.1 Å². The normalized spacial score (nSPS) is 22.9. The molecule has 16 heteroatoms. The van der Waals surface area contributed by atoms with Crippen LogP contribution in [0.5, 0.6) is 5.75 Å². The second kappa shape index (κ2) is 16.5. The van der Waals surface area contributed by atoms with Crippen LogP contribution in [0.25, 0.3) is 0 Å². The highest BCUT2D eigenvalue weighted by atomic mass is 16.5. The van der Waals surface area contributed by atoms with Gasteiger partial charge >= 0.3 is 0 Å². The first-order chi connectivity index (χ1) is 29.0. The highest BCUT2D eigenvalue weighted by Crippen LogP contribution is 2.40. The van der Waals surface area contributed by atoms with Crippen LogP contribution >= 0.6 is 0 Å². The Hall–Kier alpha value is -5.45. The Balaban J connectivity index is 0.687. The number of piperidine rings is 2. The van der Waals surface area contributed by atoms with Crippen molar-refractivity contribution in [2.45, 2.75) is 57.1 Å². The van der Waals surface area contributed by atoms with Crippen molar-refractivity contribution in [2.75, 3.05) is 101 Å². The number of imide groups is 2. The van der Waals surface area contributed by atoms with Gasteiger partial charge in [0.15, 0.2) is 0 Å². The van der Waals surface area contributed by atoms with Crippen LogP contribution in [0.2, 0.25) is 0 Å². The van der Waals surface area contributed by atoms with Crippen molar-refractivity contribution in [1.29, 1.82) is 5.41 Å². The zero-order valence-electron chi connectivity index (χ0n) is 34.4. The topological polar surface area (TPSA) is 185 Å². The van der Waals surface area contributed by atoms with Gasteiger partial charge in [0.05, 0.1) is 22.5 Å². The van der Waals surface area contributed by atoms with Gasteiger partial charge in [0, 0.05) is 101 Å². The summed E-state index contributed by atoms with van der Waals surface area (Å²) < 4.78 is 6.13.